The van der Waals surface area contributed by atoms with Crippen molar-refractivity contribution in [2.24, 2.45) is 0 Å². The summed E-state index contributed by atoms with van der Waals surface area (Å²) in [6.45, 7) is 5.10. The Morgan fingerprint density at radius 2 is 2.10 bits per heavy atom. The predicted molar refractivity (Wildman–Crippen MR) is 83.3 cm³/mol. The van der Waals surface area contributed by atoms with Gasteiger partial charge in [-0.15, -0.1) is 0 Å². The number of furan rings is 1. The van der Waals surface area contributed by atoms with Gasteiger partial charge in [0.2, 0.25) is 0 Å². The fourth-order valence-corrected chi connectivity index (χ4v) is 2.28. The van der Waals surface area contributed by atoms with Crippen molar-refractivity contribution < 1.29 is 9.15 Å². The van der Waals surface area contributed by atoms with Gasteiger partial charge in [-0.1, -0.05) is 41.1 Å². The fraction of sp³-hybridized carbons (Fsp3) is 0.375. The first-order valence-electron chi connectivity index (χ1n) is 6.87. The second-order valence-electron chi connectivity index (χ2n) is 4.68. The molecule has 0 bridgehead atoms. The molecule has 20 heavy (non-hydrogen) atoms. The van der Waals surface area contributed by atoms with Crippen molar-refractivity contribution in [1.29, 1.82) is 0 Å². The molecule has 4 heteroatoms. The van der Waals surface area contributed by atoms with E-state index in [0.717, 1.165) is 40.9 Å². The van der Waals surface area contributed by atoms with Gasteiger partial charge >= 0.3 is 0 Å². The van der Waals surface area contributed by atoms with E-state index in [1.807, 2.05) is 30.3 Å². The summed E-state index contributed by atoms with van der Waals surface area (Å²) in [4.78, 5) is 0. The van der Waals surface area contributed by atoms with Crippen LogP contribution in [-0.4, -0.2) is 6.54 Å². The van der Waals surface area contributed by atoms with E-state index in [9.17, 15) is 0 Å². The number of hydrogen-bond acceptors (Lipinski definition) is 3. The van der Waals surface area contributed by atoms with Crippen LogP contribution in [0.25, 0.3) is 0 Å². The second kappa shape index (κ2) is 8.25. The normalized spacial score (nSPS) is 10.9. The topological polar surface area (TPSA) is 34.4 Å². The Morgan fingerprint density at radius 1 is 1.25 bits per heavy atom. The standard InChI is InChI=1S/C16H20BrNO2/c1-2-7-18-9-13-8-15(20-10-13)12-19-11-14-5-3-4-6-16(14)17/h3-6,8,10,18H,2,7,9,11-12H2,1H3. The molecular formula is C16H20BrNO2. The van der Waals surface area contributed by atoms with Crippen LogP contribution in [0.3, 0.4) is 0 Å². The van der Waals surface area contributed by atoms with Gasteiger partial charge in [0.05, 0.1) is 12.9 Å². The van der Waals surface area contributed by atoms with Gasteiger partial charge in [-0.2, -0.15) is 0 Å². The molecule has 1 aromatic heterocycles. The zero-order valence-electron chi connectivity index (χ0n) is 11.7. The zero-order valence-corrected chi connectivity index (χ0v) is 13.3. The molecule has 0 aliphatic carbocycles. The lowest BCUT2D eigenvalue weighted by Gasteiger charge is -2.04. The maximum Gasteiger partial charge on any atom is 0.129 e. The van der Waals surface area contributed by atoms with E-state index in [0.29, 0.717) is 13.2 Å². The van der Waals surface area contributed by atoms with Crippen LogP contribution < -0.4 is 5.32 Å². The van der Waals surface area contributed by atoms with Crippen molar-refractivity contribution in [3.05, 3.63) is 58.0 Å². The molecule has 0 saturated heterocycles. The highest BCUT2D eigenvalue weighted by Gasteiger charge is 2.03. The molecule has 2 rings (SSSR count). The average Bonchev–Trinajstić information content (AvgIpc) is 2.89. The number of benzene rings is 1. The number of nitrogens with one attached hydrogen (secondary N) is 1. The van der Waals surface area contributed by atoms with Crippen LogP contribution >= 0.6 is 15.9 Å². The van der Waals surface area contributed by atoms with E-state index >= 15 is 0 Å². The molecule has 0 atom stereocenters. The van der Waals surface area contributed by atoms with E-state index in [2.05, 4.69) is 28.2 Å². The molecule has 0 amide bonds. The van der Waals surface area contributed by atoms with Crippen molar-refractivity contribution in [2.75, 3.05) is 6.54 Å². The monoisotopic (exact) mass is 337 g/mol. The average molecular weight is 338 g/mol. The summed E-state index contributed by atoms with van der Waals surface area (Å²) >= 11 is 3.51. The lowest BCUT2D eigenvalue weighted by molar-refractivity contribution is 0.0926. The summed E-state index contributed by atoms with van der Waals surface area (Å²) in [6, 6.07) is 10.1. The van der Waals surface area contributed by atoms with Crippen LogP contribution in [0.15, 0.2) is 45.5 Å². The third-order valence-electron chi connectivity index (χ3n) is 2.92. The minimum atomic E-state index is 0.495. The van der Waals surface area contributed by atoms with Gasteiger partial charge in [-0.05, 0) is 30.7 Å². The Hall–Kier alpha value is -1.10. The van der Waals surface area contributed by atoms with Crippen LogP contribution in [-0.2, 0) is 24.5 Å². The Morgan fingerprint density at radius 3 is 2.90 bits per heavy atom. The van der Waals surface area contributed by atoms with Crippen LogP contribution in [0.5, 0.6) is 0 Å². The van der Waals surface area contributed by atoms with E-state index < -0.39 is 0 Å². The third-order valence-corrected chi connectivity index (χ3v) is 3.70. The summed E-state index contributed by atoms with van der Waals surface area (Å²) in [7, 11) is 0. The number of hydrogen-bond donors (Lipinski definition) is 1. The Kier molecular flexibility index (Phi) is 6.30. The van der Waals surface area contributed by atoms with Crippen LogP contribution in [0.1, 0.15) is 30.2 Å². The Bertz CT molecular complexity index is 525. The van der Waals surface area contributed by atoms with E-state index in [1.165, 1.54) is 0 Å². The highest BCUT2D eigenvalue weighted by Crippen LogP contribution is 2.17. The zero-order chi connectivity index (χ0) is 14.2. The number of ether oxygens (including phenoxy) is 1. The minimum absolute atomic E-state index is 0.495. The van der Waals surface area contributed by atoms with Crippen molar-refractivity contribution in [3.63, 3.8) is 0 Å². The summed E-state index contributed by atoms with van der Waals surface area (Å²) in [5.74, 6) is 0.866. The molecule has 0 fully saturated rings. The number of rotatable bonds is 8. The molecule has 0 aliphatic heterocycles. The summed E-state index contributed by atoms with van der Waals surface area (Å²) < 4.78 is 12.2. The highest BCUT2D eigenvalue weighted by atomic mass is 79.9. The molecule has 0 radical (unpaired) electrons. The van der Waals surface area contributed by atoms with Gasteiger partial charge in [0.1, 0.15) is 12.4 Å². The molecule has 1 N–H and O–H groups in total. The molecule has 0 saturated carbocycles. The lowest BCUT2D eigenvalue weighted by atomic mass is 10.2. The van der Waals surface area contributed by atoms with Crippen molar-refractivity contribution in [3.8, 4) is 0 Å². The first-order chi connectivity index (χ1) is 9.79. The smallest absolute Gasteiger partial charge is 0.129 e. The Balaban J connectivity index is 1.75. The van der Waals surface area contributed by atoms with Gasteiger partial charge < -0.3 is 14.5 Å². The minimum Gasteiger partial charge on any atom is -0.467 e. The van der Waals surface area contributed by atoms with Crippen molar-refractivity contribution in [1.82, 2.24) is 5.32 Å². The summed E-state index contributed by atoms with van der Waals surface area (Å²) in [5, 5.41) is 3.35. The van der Waals surface area contributed by atoms with Gasteiger partial charge in [0, 0.05) is 16.6 Å². The van der Waals surface area contributed by atoms with E-state index in [-0.39, 0.29) is 0 Å². The predicted octanol–water partition coefficient (Wildman–Crippen LogP) is 4.26. The maximum atomic E-state index is 5.68. The SMILES string of the molecule is CCCNCc1coc(COCc2ccccc2Br)c1. The summed E-state index contributed by atoms with van der Waals surface area (Å²) in [6.07, 6.45) is 2.93. The quantitative estimate of drug-likeness (QED) is 0.731. The fourth-order valence-electron chi connectivity index (χ4n) is 1.88. The van der Waals surface area contributed by atoms with Crippen LogP contribution in [0.4, 0.5) is 0 Å². The molecule has 1 aromatic carbocycles. The van der Waals surface area contributed by atoms with Gasteiger partial charge in [0.15, 0.2) is 0 Å². The molecule has 0 unspecified atom stereocenters. The highest BCUT2D eigenvalue weighted by molar-refractivity contribution is 9.10. The van der Waals surface area contributed by atoms with E-state index in [4.69, 9.17) is 9.15 Å². The first-order valence-corrected chi connectivity index (χ1v) is 7.67. The molecule has 0 spiro atoms. The Labute approximate surface area is 128 Å². The van der Waals surface area contributed by atoms with Crippen molar-refractivity contribution in [2.45, 2.75) is 33.1 Å². The maximum absolute atomic E-state index is 5.68. The number of halogens is 1. The molecular weight excluding hydrogens is 318 g/mol. The van der Waals surface area contributed by atoms with Gasteiger partial charge in [-0.25, -0.2) is 0 Å². The molecule has 3 nitrogen and oxygen atoms in total. The van der Waals surface area contributed by atoms with Gasteiger partial charge in [0.25, 0.3) is 0 Å². The largest absolute Gasteiger partial charge is 0.467 e. The van der Waals surface area contributed by atoms with Crippen molar-refractivity contribution >= 4 is 15.9 Å². The third kappa shape index (κ3) is 4.78. The molecule has 2 aromatic rings. The second-order valence-corrected chi connectivity index (χ2v) is 5.54. The summed E-state index contributed by atoms with van der Waals surface area (Å²) in [5.41, 5.74) is 2.31. The van der Waals surface area contributed by atoms with E-state index in [1.54, 1.807) is 6.26 Å². The molecule has 0 aliphatic rings. The molecule has 108 valence electrons. The van der Waals surface area contributed by atoms with Crippen LogP contribution in [0.2, 0.25) is 0 Å². The first kappa shape index (κ1) is 15.3. The van der Waals surface area contributed by atoms with Gasteiger partial charge in [-0.3, -0.25) is 0 Å². The van der Waals surface area contributed by atoms with Crippen LogP contribution in [0, 0.1) is 0 Å². The molecule has 1 heterocycles. The lowest BCUT2D eigenvalue weighted by Crippen LogP contribution is -2.13.